The van der Waals surface area contributed by atoms with E-state index in [1.807, 2.05) is 61.5 Å². The van der Waals surface area contributed by atoms with Gasteiger partial charge in [0.25, 0.3) is 0 Å². The molecule has 0 amide bonds. The highest BCUT2D eigenvalue weighted by Gasteiger charge is 2.33. The van der Waals surface area contributed by atoms with Gasteiger partial charge in [0.1, 0.15) is 6.33 Å². The van der Waals surface area contributed by atoms with E-state index in [0.29, 0.717) is 17.3 Å². The molecule has 1 aromatic heterocycles. The van der Waals surface area contributed by atoms with Crippen LogP contribution in [0.1, 0.15) is 36.2 Å². The molecule has 0 saturated heterocycles. The number of halogens is 1. The van der Waals surface area contributed by atoms with Gasteiger partial charge in [0.2, 0.25) is 0 Å². The Morgan fingerprint density at radius 2 is 1.88 bits per heavy atom. The first-order valence-corrected chi connectivity index (χ1v) is 8.08. The molecule has 3 aromatic rings. The molecule has 4 nitrogen and oxygen atoms in total. The van der Waals surface area contributed by atoms with Gasteiger partial charge in [0.15, 0.2) is 5.82 Å². The highest BCUT2D eigenvalue weighted by atomic mass is 35.5. The molecule has 1 N–H and O–H groups in total. The van der Waals surface area contributed by atoms with Crippen molar-refractivity contribution < 1.29 is 0 Å². The second-order valence-electron chi connectivity index (χ2n) is 5.98. The van der Waals surface area contributed by atoms with Gasteiger partial charge in [-0.3, -0.25) is 5.10 Å². The molecule has 0 radical (unpaired) electrons. The van der Waals surface area contributed by atoms with Crippen LogP contribution in [0.2, 0.25) is 5.02 Å². The van der Waals surface area contributed by atoms with E-state index in [1.165, 1.54) is 0 Å². The van der Waals surface area contributed by atoms with Crippen molar-refractivity contribution in [2.75, 3.05) is 0 Å². The number of nitrogens with one attached hydrogen (secondary N) is 1. The topological polar surface area (TPSA) is 65.4 Å². The average molecular weight is 337 g/mol. The molecule has 2 unspecified atom stereocenters. The number of benzene rings is 2. The Kier molecular flexibility index (Phi) is 4.64. The summed E-state index contributed by atoms with van der Waals surface area (Å²) in [5.41, 5.74) is 1.38. The van der Waals surface area contributed by atoms with Gasteiger partial charge in [-0.15, -0.1) is 0 Å². The van der Waals surface area contributed by atoms with E-state index >= 15 is 0 Å². The zero-order valence-electron chi connectivity index (χ0n) is 13.3. The standard InChI is InChI=1S/C19H17ClN4/c1-19(12-21,15-5-3-2-4-6-15)11-17(18-22-13-23-24-18)14-7-9-16(20)10-8-14/h2-10,13,17H,11H2,1H3,(H,22,23,24). The normalized spacial score (nSPS) is 14.5. The molecule has 0 bridgehead atoms. The fourth-order valence-electron chi connectivity index (χ4n) is 2.88. The Labute approximate surface area is 146 Å². The number of hydrogen-bond acceptors (Lipinski definition) is 3. The third-order valence-corrected chi connectivity index (χ3v) is 4.54. The Balaban J connectivity index is 2.00. The van der Waals surface area contributed by atoms with Gasteiger partial charge in [0, 0.05) is 10.9 Å². The van der Waals surface area contributed by atoms with E-state index in [0.717, 1.165) is 11.1 Å². The van der Waals surface area contributed by atoms with Gasteiger partial charge in [-0.05, 0) is 36.6 Å². The maximum absolute atomic E-state index is 9.86. The Morgan fingerprint density at radius 3 is 2.46 bits per heavy atom. The molecule has 0 aliphatic heterocycles. The minimum absolute atomic E-state index is 0.0987. The molecule has 0 spiro atoms. The number of aromatic nitrogens is 3. The summed E-state index contributed by atoms with van der Waals surface area (Å²) in [7, 11) is 0. The molecule has 1 heterocycles. The molecule has 120 valence electrons. The fraction of sp³-hybridized carbons (Fsp3) is 0.211. The van der Waals surface area contributed by atoms with E-state index in [-0.39, 0.29) is 5.92 Å². The first-order chi connectivity index (χ1) is 11.6. The van der Waals surface area contributed by atoms with E-state index in [1.54, 1.807) is 6.33 Å². The molecule has 2 aromatic carbocycles. The van der Waals surface area contributed by atoms with Crippen molar-refractivity contribution in [3.05, 3.63) is 82.9 Å². The van der Waals surface area contributed by atoms with Gasteiger partial charge < -0.3 is 0 Å². The van der Waals surface area contributed by atoms with Crippen molar-refractivity contribution in [1.29, 1.82) is 5.26 Å². The predicted octanol–water partition coefficient (Wildman–Crippen LogP) is 4.46. The number of rotatable bonds is 5. The summed E-state index contributed by atoms with van der Waals surface area (Å²) in [4.78, 5) is 4.32. The predicted molar refractivity (Wildman–Crippen MR) is 93.7 cm³/mol. The van der Waals surface area contributed by atoms with E-state index < -0.39 is 5.41 Å². The lowest BCUT2D eigenvalue weighted by molar-refractivity contribution is 0.502. The van der Waals surface area contributed by atoms with Crippen LogP contribution in [0, 0.1) is 11.3 Å². The first-order valence-electron chi connectivity index (χ1n) is 7.70. The van der Waals surface area contributed by atoms with Crippen molar-refractivity contribution in [2.24, 2.45) is 0 Å². The molecule has 0 fully saturated rings. The van der Waals surface area contributed by atoms with E-state index in [9.17, 15) is 5.26 Å². The van der Waals surface area contributed by atoms with Crippen molar-refractivity contribution in [3.8, 4) is 6.07 Å². The highest BCUT2D eigenvalue weighted by Crippen LogP contribution is 2.37. The van der Waals surface area contributed by atoms with Gasteiger partial charge in [-0.25, -0.2) is 4.98 Å². The molecule has 3 rings (SSSR count). The monoisotopic (exact) mass is 336 g/mol. The number of H-pyrrole nitrogens is 1. The highest BCUT2D eigenvalue weighted by molar-refractivity contribution is 6.30. The maximum atomic E-state index is 9.86. The molecule has 5 heteroatoms. The molecule has 2 atom stereocenters. The lowest BCUT2D eigenvalue weighted by Crippen LogP contribution is -2.24. The Bertz CT molecular complexity index is 822. The van der Waals surface area contributed by atoms with Crippen molar-refractivity contribution >= 4 is 11.6 Å². The second kappa shape index (κ2) is 6.86. The second-order valence-corrected chi connectivity index (χ2v) is 6.41. The van der Waals surface area contributed by atoms with Gasteiger partial charge in [0.05, 0.1) is 11.5 Å². The summed E-state index contributed by atoms with van der Waals surface area (Å²) in [5, 5.41) is 17.5. The quantitative estimate of drug-likeness (QED) is 0.748. The third kappa shape index (κ3) is 3.32. The van der Waals surface area contributed by atoms with Gasteiger partial charge in [-0.2, -0.15) is 10.4 Å². The minimum Gasteiger partial charge on any atom is -0.266 e. The lowest BCUT2D eigenvalue weighted by atomic mass is 9.74. The van der Waals surface area contributed by atoms with Crippen LogP contribution >= 0.6 is 11.6 Å². The van der Waals surface area contributed by atoms with Crippen molar-refractivity contribution in [1.82, 2.24) is 15.2 Å². The fourth-order valence-corrected chi connectivity index (χ4v) is 3.01. The third-order valence-electron chi connectivity index (χ3n) is 4.29. The SMILES string of the molecule is CC(C#N)(CC(c1ccc(Cl)cc1)c1nc[nH]n1)c1ccccc1. The largest absolute Gasteiger partial charge is 0.266 e. The smallest absolute Gasteiger partial charge is 0.157 e. The minimum atomic E-state index is -0.647. The molecule has 24 heavy (non-hydrogen) atoms. The molecular weight excluding hydrogens is 320 g/mol. The average Bonchev–Trinajstić information content (AvgIpc) is 3.15. The number of nitrogens with zero attached hydrogens (tertiary/aromatic N) is 3. The van der Waals surface area contributed by atoms with Crippen molar-refractivity contribution in [3.63, 3.8) is 0 Å². The molecule has 0 aliphatic carbocycles. The Hall–Kier alpha value is -2.64. The van der Waals surface area contributed by atoms with Gasteiger partial charge in [-0.1, -0.05) is 54.1 Å². The van der Waals surface area contributed by atoms with Crippen LogP contribution in [0.25, 0.3) is 0 Å². The van der Waals surface area contributed by atoms with Crippen LogP contribution in [0.4, 0.5) is 0 Å². The zero-order valence-corrected chi connectivity index (χ0v) is 14.0. The summed E-state index contributed by atoms with van der Waals surface area (Å²) < 4.78 is 0. The lowest BCUT2D eigenvalue weighted by Gasteiger charge is -2.27. The molecule has 0 aliphatic rings. The summed E-state index contributed by atoms with van der Waals surface area (Å²) in [5.74, 6) is 0.577. The number of nitriles is 1. The summed E-state index contributed by atoms with van der Waals surface area (Å²) in [6, 6.07) is 19.9. The van der Waals surface area contributed by atoms with Crippen LogP contribution in [-0.2, 0) is 5.41 Å². The first kappa shape index (κ1) is 16.2. The van der Waals surface area contributed by atoms with Crippen LogP contribution in [0.15, 0.2) is 60.9 Å². The van der Waals surface area contributed by atoms with Crippen LogP contribution in [0.5, 0.6) is 0 Å². The summed E-state index contributed by atoms with van der Waals surface area (Å²) in [6.45, 7) is 1.96. The summed E-state index contributed by atoms with van der Waals surface area (Å²) in [6.07, 6.45) is 2.14. The summed E-state index contributed by atoms with van der Waals surface area (Å²) >= 11 is 6.01. The number of hydrogen-bond donors (Lipinski definition) is 1. The van der Waals surface area contributed by atoms with Crippen LogP contribution < -0.4 is 0 Å². The van der Waals surface area contributed by atoms with E-state index in [2.05, 4.69) is 21.3 Å². The van der Waals surface area contributed by atoms with Gasteiger partial charge >= 0.3 is 0 Å². The Morgan fingerprint density at radius 1 is 1.17 bits per heavy atom. The maximum Gasteiger partial charge on any atom is 0.157 e. The van der Waals surface area contributed by atoms with Crippen molar-refractivity contribution in [2.45, 2.75) is 24.7 Å². The van der Waals surface area contributed by atoms with Crippen LogP contribution in [0.3, 0.4) is 0 Å². The molecule has 0 saturated carbocycles. The zero-order chi connectivity index (χ0) is 17.0. The van der Waals surface area contributed by atoms with Crippen LogP contribution in [-0.4, -0.2) is 15.2 Å². The molecular formula is C19H17ClN4. The van der Waals surface area contributed by atoms with E-state index in [4.69, 9.17) is 11.6 Å². The number of aromatic amines is 1.